The minimum absolute atomic E-state index is 0.122. The summed E-state index contributed by atoms with van der Waals surface area (Å²) >= 11 is 0. The van der Waals surface area contributed by atoms with Crippen molar-refractivity contribution in [1.82, 2.24) is 10.6 Å². The lowest BCUT2D eigenvalue weighted by Gasteiger charge is -2.07. The highest BCUT2D eigenvalue weighted by molar-refractivity contribution is 5.98. The summed E-state index contributed by atoms with van der Waals surface area (Å²) in [6, 6.07) is 7.56. The van der Waals surface area contributed by atoms with Crippen molar-refractivity contribution in [3.8, 4) is 0 Å². The van der Waals surface area contributed by atoms with Gasteiger partial charge in [0.05, 0.1) is 12.8 Å². The van der Waals surface area contributed by atoms with Gasteiger partial charge < -0.3 is 21.5 Å². The zero-order chi connectivity index (χ0) is 16.5. The van der Waals surface area contributed by atoms with Crippen molar-refractivity contribution in [1.29, 1.82) is 10.8 Å². The summed E-state index contributed by atoms with van der Waals surface area (Å²) < 4.78 is 0. The molecule has 0 aliphatic carbocycles. The lowest BCUT2D eigenvalue weighted by molar-refractivity contribution is -0.120. The van der Waals surface area contributed by atoms with E-state index in [2.05, 4.69) is 10.6 Å². The number of nitrogens with one attached hydrogen (secondary N) is 4. The zero-order valence-electron chi connectivity index (χ0n) is 13.0. The highest BCUT2D eigenvalue weighted by Gasteiger charge is 2.04. The van der Waals surface area contributed by atoms with Crippen LogP contribution >= 0.6 is 0 Å². The van der Waals surface area contributed by atoms with Gasteiger partial charge in [0.25, 0.3) is 0 Å². The average molecular weight is 302 g/mol. The number of hydrogen-bond donors (Lipinski definition) is 4. The van der Waals surface area contributed by atoms with Crippen LogP contribution in [0.4, 0.5) is 0 Å². The molecule has 0 saturated heterocycles. The van der Waals surface area contributed by atoms with Gasteiger partial charge in [-0.1, -0.05) is 24.3 Å². The molecule has 0 unspecified atom stereocenters. The van der Waals surface area contributed by atoms with Crippen LogP contribution in [0.3, 0.4) is 0 Å². The van der Waals surface area contributed by atoms with Crippen molar-refractivity contribution in [3.63, 3.8) is 0 Å². The van der Waals surface area contributed by atoms with E-state index in [1.807, 2.05) is 24.3 Å². The molecule has 0 saturated carbocycles. The molecule has 0 spiro atoms. The summed E-state index contributed by atoms with van der Waals surface area (Å²) in [6.07, 6.45) is 0.243. The third-order valence-corrected chi connectivity index (χ3v) is 2.85. The van der Waals surface area contributed by atoms with E-state index >= 15 is 0 Å². The topological polar surface area (TPSA) is 106 Å². The fourth-order valence-electron chi connectivity index (χ4n) is 1.78. The van der Waals surface area contributed by atoms with Gasteiger partial charge in [0.1, 0.15) is 0 Å². The molecule has 6 nitrogen and oxygen atoms in total. The number of benzene rings is 1. The molecule has 2 amide bonds. The van der Waals surface area contributed by atoms with Crippen molar-refractivity contribution >= 4 is 23.2 Å². The molecule has 118 valence electrons. The van der Waals surface area contributed by atoms with Crippen molar-refractivity contribution in [2.45, 2.75) is 39.8 Å². The van der Waals surface area contributed by atoms with Gasteiger partial charge in [-0.05, 0) is 25.0 Å². The standard InChI is InChI=1S/C16H22N4O2/c1-11(17)7-15(21)19-9-13-3-5-14(6-4-13)10-20-16(22)8-12(2)18/h3-6,17-18H,7-10H2,1-2H3,(H,19,21)(H,20,22). The smallest absolute Gasteiger partial charge is 0.225 e. The van der Waals surface area contributed by atoms with Crippen LogP contribution in [-0.2, 0) is 22.7 Å². The predicted molar refractivity (Wildman–Crippen MR) is 86.2 cm³/mol. The number of amides is 2. The van der Waals surface area contributed by atoms with Crippen molar-refractivity contribution in [2.24, 2.45) is 0 Å². The summed E-state index contributed by atoms with van der Waals surface area (Å²) in [5.41, 5.74) is 2.59. The molecule has 1 aromatic rings. The SMILES string of the molecule is CC(=N)CC(=O)NCc1ccc(CNC(=O)CC(C)=N)cc1. The van der Waals surface area contributed by atoms with Crippen molar-refractivity contribution < 1.29 is 9.59 Å². The van der Waals surface area contributed by atoms with Crippen LogP contribution < -0.4 is 10.6 Å². The van der Waals surface area contributed by atoms with E-state index in [9.17, 15) is 9.59 Å². The highest BCUT2D eigenvalue weighted by atomic mass is 16.2. The summed E-state index contributed by atoms with van der Waals surface area (Å²) in [5.74, 6) is -0.322. The second-order valence-electron chi connectivity index (χ2n) is 5.28. The normalized spacial score (nSPS) is 9.91. The second-order valence-corrected chi connectivity index (χ2v) is 5.28. The van der Waals surface area contributed by atoms with Gasteiger partial charge in [-0.2, -0.15) is 0 Å². The predicted octanol–water partition coefficient (Wildman–Crippen LogP) is 1.78. The Morgan fingerprint density at radius 1 is 0.818 bits per heavy atom. The number of carbonyl (C=O) groups excluding carboxylic acids is 2. The maximum atomic E-state index is 11.4. The molecule has 1 rings (SSSR count). The maximum absolute atomic E-state index is 11.4. The third kappa shape index (κ3) is 7.33. The summed E-state index contributed by atoms with van der Waals surface area (Å²) in [5, 5.41) is 20.0. The van der Waals surface area contributed by atoms with Crippen molar-refractivity contribution in [3.05, 3.63) is 35.4 Å². The van der Waals surface area contributed by atoms with Crippen LogP contribution in [0.2, 0.25) is 0 Å². The van der Waals surface area contributed by atoms with Gasteiger partial charge in [0.2, 0.25) is 11.8 Å². The van der Waals surface area contributed by atoms with E-state index in [-0.39, 0.29) is 24.7 Å². The van der Waals surface area contributed by atoms with Crippen LogP contribution in [0.15, 0.2) is 24.3 Å². The molecule has 0 aromatic heterocycles. The molecular formula is C16H22N4O2. The number of carbonyl (C=O) groups is 2. The molecule has 0 heterocycles. The Morgan fingerprint density at radius 2 is 1.14 bits per heavy atom. The fourth-order valence-corrected chi connectivity index (χ4v) is 1.78. The minimum Gasteiger partial charge on any atom is -0.352 e. The lowest BCUT2D eigenvalue weighted by Crippen LogP contribution is -2.25. The van der Waals surface area contributed by atoms with E-state index in [0.29, 0.717) is 24.5 Å². The molecule has 0 bridgehead atoms. The Labute approximate surface area is 130 Å². The number of hydrogen-bond acceptors (Lipinski definition) is 4. The lowest BCUT2D eigenvalue weighted by atomic mass is 10.1. The van der Waals surface area contributed by atoms with Crippen LogP contribution in [0.25, 0.3) is 0 Å². The Morgan fingerprint density at radius 3 is 1.41 bits per heavy atom. The van der Waals surface area contributed by atoms with Crippen LogP contribution in [-0.4, -0.2) is 23.2 Å². The largest absolute Gasteiger partial charge is 0.352 e. The molecule has 6 heteroatoms. The first-order chi connectivity index (χ1) is 10.4. The van der Waals surface area contributed by atoms with Gasteiger partial charge in [-0.25, -0.2) is 0 Å². The molecule has 0 aliphatic heterocycles. The van der Waals surface area contributed by atoms with Gasteiger partial charge in [0.15, 0.2) is 0 Å². The molecular weight excluding hydrogens is 280 g/mol. The molecule has 0 radical (unpaired) electrons. The maximum Gasteiger partial charge on any atom is 0.225 e. The van der Waals surface area contributed by atoms with E-state index in [4.69, 9.17) is 10.8 Å². The van der Waals surface area contributed by atoms with Gasteiger partial charge in [-0.15, -0.1) is 0 Å². The molecule has 0 fully saturated rings. The van der Waals surface area contributed by atoms with Crippen LogP contribution in [0.5, 0.6) is 0 Å². The van der Waals surface area contributed by atoms with Crippen LogP contribution in [0.1, 0.15) is 37.8 Å². The van der Waals surface area contributed by atoms with Gasteiger partial charge in [0, 0.05) is 24.5 Å². The monoisotopic (exact) mass is 302 g/mol. The summed E-state index contributed by atoms with van der Waals surface area (Å²) in [6.45, 7) is 4.04. The number of rotatable bonds is 8. The molecule has 22 heavy (non-hydrogen) atoms. The second kappa shape index (κ2) is 8.71. The Balaban J connectivity index is 2.39. The van der Waals surface area contributed by atoms with E-state index in [1.165, 1.54) is 0 Å². The fraction of sp³-hybridized carbons (Fsp3) is 0.375. The first kappa shape index (κ1) is 17.6. The zero-order valence-corrected chi connectivity index (χ0v) is 13.0. The van der Waals surface area contributed by atoms with Crippen LogP contribution in [0, 0.1) is 10.8 Å². The Bertz CT molecular complexity index is 513. The first-order valence-electron chi connectivity index (χ1n) is 7.06. The van der Waals surface area contributed by atoms with Crippen molar-refractivity contribution in [2.75, 3.05) is 0 Å². The molecule has 1 aromatic carbocycles. The quantitative estimate of drug-likeness (QED) is 0.549. The Hall–Kier alpha value is -2.50. The molecule has 0 atom stereocenters. The first-order valence-corrected chi connectivity index (χ1v) is 7.06. The summed E-state index contributed by atoms with van der Waals surface area (Å²) in [4.78, 5) is 22.9. The highest BCUT2D eigenvalue weighted by Crippen LogP contribution is 2.04. The van der Waals surface area contributed by atoms with E-state index in [1.54, 1.807) is 13.8 Å². The third-order valence-electron chi connectivity index (χ3n) is 2.85. The summed E-state index contributed by atoms with van der Waals surface area (Å²) in [7, 11) is 0. The van der Waals surface area contributed by atoms with E-state index < -0.39 is 0 Å². The van der Waals surface area contributed by atoms with Gasteiger partial charge >= 0.3 is 0 Å². The molecule has 4 N–H and O–H groups in total. The average Bonchev–Trinajstić information content (AvgIpc) is 2.42. The molecule has 0 aliphatic rings. The van der Waals surface area contributed by atoms with Gasteiger partial charge in [-0.3, -0.25) is 9.59 Å². The van der Waals surface area contributed by atoms with E-state index in [0.717, 1.165) is 11.1 Å². The Kier molecular flexibility index (Phi) is 6.95. The minimum atomic E-state index is -0.161.